The summed E-state index contributed by atoms with van der Waals surface area (Å²) in [5, 5.41) is 0. The predicted molar refractivity (Wildman–Crippen MR) is 88.8 cm³/mol. The van der Waals surface area contributed by atoms with E-state index in [9.17, 15) is 4.79 Å². The summed E-state index contributed by atoms with van der Waals surface area (Å²) in [6, 6.07) is 6.53. The number of anilines is 1. The average molecular weight is 381 g/mol. The Morgan fingerprint density at radius 2 is 2.10 bits per heavy atom. The first-order chi connectivity index (χ1) is 9.70. The quantitative estimate of drug-likeness (QED) is 0.709. The van der Waals surface area contributed by atoms with E-state index in [0.29, 0.717) is 12.3 Å². The van der Waals surface area contributed by atoms with Crippen LogP contribution in [0.3, 0.4) is 0 Å². The number of hydrogen-bond acceptors (Lipinski definition) is 1. The van der Waals surface area contributed by atoms with Crippen LogP contribution in [0.2, 0.25) is 0 Å². The highest BCUT2D eigenvalue weighted by Gasteiger charge is 2.41. The topological polar surface area (TPSA) is 20.3 Å². The highest BCUT2D eigenvalue weighted by Crippen LogP contribution is 2.49. The van der Waals surface area contributed by atoms with Crippen molar-refractivity contribution in [2.45, 2.75) is 38.5 Å². The molecule has 1 aromatic rings. The maximum atomic E-state index is 12.4. The molecule has 1 aromatic carbocycles. The molecule has 3 aliphatic rings. The van der Waals surface area contributed by atoms with E-state index in [1.165, 1.54) is 40.5 Å². The first-order valence-electron chi connectivity index (χ1n) is 7.79. The van der Waals surface area contributed by atoms with E-state index in [0.717, 1.165) is 30.7 Å². The van der Waals surface area contributed by atoms with E-state index in [1.807, 2.05) is 0 Å². The van der Waals surface area contributed by atoms with E-state index in [4.69, 9.17) is 0 Å². The first-order valence-corrected chi connectivity index (χ1v) is 8.87. The van der Waals surface area contributed by atoms with Crippen LogP contribution in [-0.2, 0) is 11.2 Å². The summed E-state index contributed by atoms with van der Waals surface area (Å²) < 4.78 is 1.27. The average Bonchev–Trinajstić information content (AvgIpc) is 3.04. The van der Waals surface area contributed by atoms with Gasteiger partial charge in [0.25, 0.3) is 0 Å². The lowest BCUT2D eigenvalue weighted by Crippen LogP contribution is -2.40. The molecular weight excluding hydrogens is 361 g/mol. The molecule has 20 heavy (non-hydrogen) atoms. The molecule has 2 saturated carbocycles. The van der Waals surface area contributed by atoms with E-state index >= 15 is 0 Å². The van der Waals surface area contributed by atoms with Crippen LogP contribution >= 0.6 is 22.6 Å². The van der Waals surface area contributed by atoms with Crippen molar-refractivity contribution in [1.82, 2.24) is 0 Å². The molecule has 3 unspecified atom stereocenters. The number of fused-ring (bicyclic) bond motifs is 3. The van der Waals surface area contributed by atoms with E-state index in [1.54, 1.807) is 0 Å². The number of benzene rings is 1. The largest absolute Gasteiger partial charge is 0.312 e. The second-order valence-corrected chi connectivity index (χ2v) is 7.96. The van der Waals surface area contributed by atoms with Crippen LogP contribution in [0.5, 0.6) is 0 Å². The van der Waals surface area contributed by atoms with Gasteiger partial charge in [-0.05, 0) is 89.8 Å². The van der Waals surface area contributed by atoms with Crippen molar-refractivity contribution >= 4 is 34.2 Å². The van der Waals surface area contributed by atoms with Crippen molar-refractivity contribution < 1.29 is 4.79 Å². The molecular formula is C17H20INO. The van der Waals surface area contributed by atoms with Gasteiger partial charge in [-0.1, -0.05) is 6.42 Å². The van der Waals surface area contributed by atoms with Crippen LogP contribution in [0, 0.1) is 21.3 Å². The van der Waals surface area contributed by atoms with Gasteiger partial charge in [-0.25, -0.2) is 0 Å². The molecule has 1 amide bonds. The Kier molecular flexibility index (Phi) is 3.28. The highest BCUT2D eigenvalue weighted by molar-refractivity contribution is 14.1. The zero-order valence-electron chi connectivity index (χ0n) is 11.6. The summed E-state index contributed by atoms with van der Waals surface area (Å²) in [5.74, 6) is 2.94. The molecule has 1 aliphatic heterocycles. The van der Waals surface area contributed by atoms with Gasteiger partial charge in [-0.3, -0.25) is 4.79 Å². The number of rotatable bonds is 2. The fourth-order valence-electron chi connectivity index (χ4n) is 4.56. The third-order valence-corrected chi connectivity index (χ3v) is 6.21. The Balaban J connectivity index is 1.59. The summed E-state index contributed by atoms with van der Waals surface area (Å²) in [4.78, 5) is 14.5. The molecule has 4 rings (SSSR count). The molecule has 3 heteroatoms. The predicted octanol–water partition coefficient (Wildman–Crippen LogP) is 4.01. The van der Waals surface area contributed by atoms with Gasteiger partial charge >= 0.3 is 0 Å². The summed E-state index contributed by atoms with van der Waals surface area (Å²) in [6.45, 7) is 0.966. The van der Waals surface area contributed by atoms with Crippen LogP contribution in [0.4, 0.5) is 5.69 Å². The molecule has 0 aromatic heterocycles. The van der Waals surface area contributed by atoms with Gasteiger partial charge in [0.2, 0.25) is 5.91 Å². The molecule has 2 bridgehead atoms. The third-order valence-electron chi connectivity index (χ3n) is 5.54. The lowest BCUT2D eigenvalue weighted by atomic mass is 9.87. The molecule has 0 saturated heterocycles. The number of carbonyl (C=O) groups is 1. The van der Waals surface area contributed by atoms with E-state index in [-0.39, 0.29) is 0 Å². The SMILES string of the molecule is O=C1CCc2cc(I)ccc2N1CC1CC2CCC1C2. The van der Waals surface area contributed by atoms with Gasteiger partial charge in [0.05, 0.1) is 0 Å². The molecule has 2 nitrogen and oxygen atoms in total. The van der Waals surface area contributed by atoms with Crippen molar-refractivity contribution in [3.05, 3.63) is 27.3 Å². The van der Waals surface area contributed by atoms with Crippen molar-refractivity contribution in [3.63, 3.8) is 0 Å². The van der Waals surface area contributed by atoms with Crippen molar-refractivity contribution in [3.8, 4) is 0 Å². The van der Waals surface area contributed by atoms with Crippen molar-refractivity contribution in [2.24, 2.45) is 17.8 Å². The van der Waals surface area contributed by atoms with Crippen LogP contribution in [0.1, 0.15) is 37.7 Å². The van der Waals surface area contributed by atoms with E-state index < -0.39 is 0 Å². The summed E-state index contributed by atoms with van der Waals surface area (Å²) in [6.07, 6.45) is 7.22. The number of carbonyl (C=O) groups excluding carboxylic acids is 1. The minimum absolute atomic E-state index is 0.335. The zero-order valence-corrected chi connectivity index (χ0v) is 13.8. The number of halogens is 1. The molecule has 0 spiro atoms. The Bertz CT molecular complexity index is 556. The number of nitrogens with zero attached hydrogens (tertiary/aromatic N) is 1. The monoisotopic (exact) mass is 381 g/mol. The maximum Gasteiger partial charge on any atom is 0.227 e. The van der Waals surface area contributed by atoms with Crippen molar-refractivity contribution in [1.29, 1.82) is 0 Å². The fourth-order valence-corrected chi connectivity index (χ4v) is 5.12. The Morgan fingerprint density at radius 3 is 2.85 bits per heavy atom. The van der Waals surface area contributed by atoms with Crippen LogP contribution in [-0.4, -0.2) is 12.5 Å². The van der Waals surface area contributed by atoms with Crippen LogP contribution in [0.15, 0.2) is 18.2 Å². The van der Waals surface area contributed by atoms with Crippen LogP contribution < -0.4 is 4.90 Å². The van der Waals surface area contributed by atoms with E-state index in [2.05, 4.69) is 45.7 Å². The number of amides is 1. The van der Waals surface area contributed by atoms with Gasteiger partial charge in [-0.2, -0.15) is 0 Å². The van der Waals surface area contributed by atoms with Crippen LogP contribution in [0.25, 0.3) is 0 Å². The molecule has 0 radical (unpaired) electrons. The highest BCUT2D eigenvalue weighted by atomic mass is 127. The molecule has 1 heterocycles. The first kappa shape index (κ1) is 13.1. The van der Waals surface area contributed by atoms with Gasteiger partial charge in [0.15, 0.2) is 0 Å². The molecule has 0 N–H and O–H groups in total. The molecule has 2 aliphatic carbocycles. The number of hydrogen-bond donors (Lipinski definition) is 0. The minimum atomic E-state index is 0.335. The molecule has 2 fully saturated rings. The molecule has 106 valence electrons. The molecule has 3 atom stereocenters. The standard InChI is InChI=1S/C17H20INO/c18-15-4-5-16-13(9-15)3-6-17(20)19(16)10-14-8-11-1-2-12(14)7-11/h4-5,9,11-12,14H,1-3,6-8,10H2. The second-order valence-electron chi connectivity index (χ2n) is 6.71. The second kappa shape index (κ2) is 5.00. The Morgan fingerprint density at radius 1 is 1.20 bits per heavy atom. The third kappa shape index (κ3) is 2.18. The zero-order chi connectivity index (χ0) is 13.7. The minimum Gasteiger partial charge on any atom is -0.312 e. The Labute approximate surface area is 134 Å². The summed E-state index contributed by atoms with van der Waals surface area (Å²) >= 11 is 2.36. The van der Waals surface area contributed by atoms with Crippen molar-refractivity contribution in [2.75, 3.05) is 11.4 Å². The fraction of sp³-hybridized carbons (Fsp3) is 0.588. The smallest absolute Gasteiger partial charge is 0.227 e. The number of aryl methyl sites for hydroxylation is 1. The summed E-state index contributed by atoms with van der Waals surface area (Å²) in [5.41, 5.74) is 2.55. The van der Waals surface area contributed by atoms with Gasteiger partial charge in [0.1, 0.15) is 0 Å². The Hall–Kier alpha value is -0.580. The maximum absolute atomic E-state index is 12.4. The normalized spacial score (nSPS) is 31.8. The lowest BCUT2D eigenvalue weighted by molar-refractivity contribution is -0.119. The summed E-state index contributed by atoms with van der Waals surface area (Å²) in [7, 11) is 0. The van der Waals surface area contributed by atoms with Gasteiger partial charge in [-0.15, -0.1) is 0 Å². The lowest BCUT2D eigenvalue weighted by Gasteiger charge is -2.34. The van der Waals surface area contributed by atoms with Gasteiger partial charge in [0, 0.05) is 22.2 Å². The van der Waals surface area contributed by atoms with Gasteiger partial charge < -0.3 is 4.90 Å².